The van der Waals surface area contributed by atoms with Crippen LogP contribution in [0.3, 0.4) is 0 Å². The largest absolute Gasteiger partial charge is 0.477 e. The molecule has 0 aromatic heterocycles. The van der Waals surface area contributed by atoms with Crippen molar-refractivity contribution in [2.24, 2.45) is 0 Å². The maximum absolute atomic E-state index is 12.4. The Hall–Kier alpha value is -1.60. The molecule has 2 N–H and O–H groups in total. The third-order valence-electron chi connectivity index (χ3n) is 4.17. The standard InChI is InChI=1S/C20H24ClNO4.BrH/c1-14(15-7-6-8-16(21)13-15)18(22-11-12-23)19(20(24)25-2)26-17-9-4-3-5-10-17;/h3-10,13-14,18-19,22-23H,11-12H2,1-2H3;1H. The Morgan fingerprint density at radius 3 is 2.48 bits per heavy atom. The molecule has 5 nitrogen and oxygen atoms in total. The van der Waals surface area contributed by atoms with Crippen LogP contribution in [0.5, 0.6) is 5.75 Å². The van der Waals surface area contributed by atoms with Gasteiger partial charge in [-0.05, 0) is 29.8 Å². The van der Waals surface area contributed by atoms with Crippen molar-refractivity contribution in [1.29, 1.82) is 0 Å². The molecule has 0 aliphatic heterocycles. The lowest BCUT2D eigenvalue weighted by molar-refractivity contribution is -0.150. The van der Waals surface area contributed by atoms with E-state index < -0.39 is 18.1 Å². The molecule has 148 valence electrons. The van der Waals surface area contributed by atoms with Crippen LogP contribution in [0.25, 0.3) is 0 Å². The van der Waals surface area contributed by atoms with E-state index in [1.54, 1.807) is 18.2 Å². The summed E-state index contributed by atoms with van der Waals surface area (Å²) in [5.41, 5.74) is 0.957. The van der Waals surface area contributed by atoms with Gasteiger partial charge in [-0.3, -0.25) is 0 Å². The summed E-state index contributed by atoms with van der Waals surface area (Å²) in [6, 6.07) is 16.1. The van der Waals surface area contributed by atoms with Gasteiger partial charge in [0, 0.05) is 17.5 Å². The van der Waals surface area contributed by atoms with E-state index in [1.807, 2.05) is 43.3 Å². The summed E-state index contributed by atoms with van der Waals surface area (Å²) in [7, 11) is 1.33. The zero-order chi connectivity index (χ0) is 18.9. The molecule has 0 heterocycles. The zero-order valence-electron chi connectivity index (χ0n) is 15.3. The molecule has 2 rings (SSSR count). The van der Waals surface area contributed by atoms with E-state index in [0.29, 0.717) is 17.3 Å². The van der Waals surface area contributed by atoms with Crippen LogP contribution in [0, 0.1) is 0 Å². The van der Waals surface area contributed by atoms with Crippen LogP contribution < -0.4 is 10.1 Å². The number of nitrogens with one attached hydrogen (secondary N) is 1. The van der Waals surface area contributed by atoms with Gasteiger partial charge >= 0.3 is 5.97 Å². The van der Waals surface area contributed by atoms with Crippen LogP contribution >= 0.6 is 28.6 Å². The highest BCUT2D eigenvalue weighted by Gasteiger charge is 2.35. The maximum Gasteiger partial charge on any atom is 0.348 e. The fourth-order valence-corrected chi connectivity index (χ4v) is 3.00. The summed E-state index contributed by atoms with van der Waals surface area (Å²) >= 11 is 6.11. The average molecular weight is 459 g/mol. The molecule has 0 saturated carbocycles. The van der Waals surface area contributed by atoms with Crippen molar-refractivity contribution in [3.05, 3.63) is 65.2 Å². The van der Waals surface area contributed by atoms with Crippen molar-refractivity contribution >= 4 is 34.6 Å². The van der Waals surface area contributed by atoms with Crippen molar-refractivity contribution < 1.29 is 19.4 Å². The number of ether oxygens (including phenoxy) is 2. The predicted octanol–water partition coefficient (Wildman–Crippen LogP) is 3.59. The lowest BCUT2D eigenvalue weighted by Crippen LogP contribution is -2.51. The molecule has 0 amide bonds. The van der Waals surface area contributed by atoms with Gasteiger partial charge in [0.1, 0.15) is 5.75 Å². The number of aliphatic hydroxyl groups excluding tert-OH is 1. The highest BCUT2D eigenvalue weighted by Crippen LogP contribution is 2.26. The van der Waals surface area contributed by atoms with Gasteiger partial charge in [0.2, 0.25) is 6.10 Å². The predicted molar refractivity (Wildman–Crippen MR) is 112 cm³/mol. The van der Waals surface area contributed by atoms with Crippen molar-refractivity contribution in [2.75, 3.05) is 20.3 Å². The minimum absolute atomic E-state index is 0. The number of carbonyl (C=O) groups is 1. The molecule has 0 aliphatic rings. The normalized spacial score (nSPS) is 13.8. The van der Waals surface area contributed by atoms with E-state index in [9.17, 15) is 9.90 Å². The number of methoxy groups -OCH3 is 1. The van der Waals surface area contributed by atoms with Crippen LogP contribution in [0.15, 0.2) is 54.6 Å². The molecule has 0 fully saturated rings. The minimum atomic E-state index is -0.886. The van der Waals surface area contributed by atoms with Crippen LogP contribution in [-0.2, 0) is 9.53 Å². The highest BCUT2D eigenvalue weighted by molar-refractivity contribution is 8.93. The lowest BCUT2D eigenvalue weighted by atomic mass is 9.89. The number of halogens is 2. The number of hydrogen-bond donors (Lipinski definition) is 2. The molecule has 2 aromatic carbocycles. The van der Waals surface area contributed by atoms with Gasteiger partial charge in [-0.2, -0.15) is 0 Å². The molecule has 7 heteroatoms. The molecular formula is C20H25BrClNO4. The van der Waals surface area contributed by atoms with Crippen LogP contribution in [-0.4, -0.2) is 43.5 Å². The Labute approximate surface area is 175 Å². The first-order chi connectivity index (χ1) is 12.6. The fourth-order valence-electron chi connectivity index (χ4n) is 2.80. The van der Waals surface area contributed by atoms with E-state index in [2.05, 4.69) is 5.32 Å². The number of hydrogen-bond acceptors (Lipinski definition) is 5. The van der Waals surface area contributed by atoms with Crippen molar-refractivity contribution in [1.82, 2.24) is 5.32 Å². The monoisotopic (exact) mass is 457 g/mol. The topological polar surface area (TPSA) is 67.8 Å². The summed E-state index contributed by atoms with van der Waals surface area (Å²) in [5, 5.41) is 13.1. The van der Waals surface area contributed by atoms with Crippen molar-refractivity contribution in [2.45, 2.75) is 25.0 Å². The summed E-state index contributed by atoms with van der Waals surface area (Å²) in [5.74, 6) is -0.0387. The molecule has 0 spiro atoms. The van der Waals surface area contributed by atoms with Crippen molar-refractivity contribution in [3.8, 4) is 5.75 Å². The van der Waals surface area contributed by atoms with E-state index in [1.165, 1.54) is 7.11 Å². The zero-order valence-corrected chi connectivity index (χ0v) is 17.8. The van der Waals surface area contributed by atoms with Crippen LogP contribution in [0.1, 0.15) is 18.4 Å². The molecule has 27 heavy (non-hydrogen) atoms. The van der Waals surface area contributed by atoms with Gasteiger partial charge in [-0.25, -0.2) is 4.79 Å². The fraction of sp³-hybridized carbons (Fsp3) is 0.350. The van der Waals surface area contributed by atoms with Gasteiger partial charge < -0.3 is 19.9 Å². The van der Waals surface area contributed by atoms with E-state index >= 15 is 0 Å². The number of aliphatic hydroxyl groups is 1. The Bertz CT molecular complexity index is 701. The minimum Gasteiger partial charge on any atom is -0.477 e. The molecule has 3 unspecified atom stereocenters. The van der Waals surface area contributed by atoms with Gasteiger partial charge in [-0.1, -0.05) is 48.9 Å². The number of esters is 1. The lowest BCUT2D eigenvalue weighted by Gasteiger charge is -2.31. The molecule has 0 radical (unpaired) electrons. The highest BCUT2D eigenvalue weighted by atomic mass is 79.9. The summed E-state index contributed by atoms with van der Waals surface area (Å²) < 4.78 is 10.9. The van der Waals surface area contributed by atoms with E-state index in [4.69, 9.17) is 21.1 Å². The number of rotatable bonds is 9. The van der Waals surface area contributed by atoms with Crippen LogP contribution in [0.4, 0.5) is 0 Å². The van der Waals surface area contributed by atoms with Gasteiger partial charge in [0.05, 0.1) is 19.8 Å². The Morgan fingerprint density at radius 1 is 1.19 bits per heavy atom. The quantitative estimate of drug-likeness (QED) is 0.562. The third-order valence-corrected chi connectivity index (χ3v) is 4.41. The second-order valence-electron chi connectivity index (χ2n) is 5.92. The Kier molecular flexibility index (Phi) is 10.4. The maximum atomic E-state index is 12.4. The third kappa shape index (κ3) is 6.81. The van der Waals surface area contributed by atoms with Crippen molar-refractivity contribution in [3.63, 3.8) is 0 Å². The molecule has 2 aromatic rings. The SMILES string of the molecule is Br.COC(=O)C(Oc1ccccc1)C(NCCO)C(C)c1cccc(Cl)c1. The van der Waals surface area contributed by atoms with Crippen LogP contribution in [0.2, 0.25) is 5.02 Å². The molecule has 0 bridgehead atoms. The summed E-state index contributed by atoms with van der Waals surface area (Å²) in [6.07, 6.45) is -0.886. The van der Waals surface area contributed by atoms with Gasteiger partial charge in [-0.15, -0.1) is 17.0 Å². The Morgan fingerprint density at radius 2 is 1.89 bits per heavy atom. The summed E-state index contributed by atoms with van der Waals surface area (Å²) in [6.45, 7) is 2.24. The average Bonchev–Trinajstić information content (AvgIpc) is 2.67. The second kappa shape index (κ2) is 12.0. The number of benzene rings is 2. The molecular weight excluding hydrogens is 434 g/mol. The van der Waals surface area contributed by atoms with Gasteiger partial charge in [0.25, 0.3) is 0 Å². The van der Waals surface area contributed by atoms with Gasteiger partial charge in [0.15, 0.2) is 0 Å². The second-order valence-corrected chi connectivity index (χ2v) is 6.36. The summed E-state index contributed by atoms with van der Waals surface area (Å²) in [4.78, 5) is 12.4. The molecule has 3 atom stereocenters. The first-order valence-corrected chi connectivity index (χ1v) is 8.84. The molecule has 0 aliphatic carbocycles. The first-order valence-electron chi connectivity index (χ1n) is 8.46. The van der Waals surface area contributed by atoms with E-state index in [0.717, 1.165) is 5.56 Å². The number of para-hydroxylation sites is 1. The molecule has 0 saturated heterocycles. The Balaban J connectivity index is 0.00000364. The van der Waals surface area contributed by atoms with E-state index in [-0.39, 0.29) is 29.5 Å². The first kappa shape index (κ1) is 23.4. The number of carbonyl (C=O) groups excluding carboxylic acids is 1. The smallest absolute Gasteiger partial charge is 0.348 e.